The van der Waals surface area contributed by atoms with Crippen molar-refractivity contribution in [2.75, 3.05) is 25.0 Å². The summed E-state index contributed by atoms with van der Waals surface area (Å²) in [7, 11) is 0. The highest BCUT2D eigenvalue weighted by atomic mass is 35.5. The highest BCUT2D eigenvalue weighted by Gasteiger charge is 2.22. The highest BCUT2D eigenvalue weighted by Crippen LogP contribution is 2.21. The number of hydrogen-bond donors (Lipinski definition) is 3. The van der Waals surface area contributed by atoms with Crippen LogP contribution in [0, 0.1) is 0 Å². The summed E-state index contributed by atoms with van der Waals surface area (Å²) >= 11 is 5.79. The maximum Gasteiger partial charge on any atom is 0.337 e. The number of aromatic carboxylic acids is 1. The van der Waals surface area contributed by atoms with E-state index in [1.165, 1.54) is 23.1 Å². The van der Waals surface area contributed by atoms with Gasteiger partial charge in [0.15, 0.2) is 0 Å². The number of urea groups is 1. The lowest BCUT2D eigenvalue weighted by Crippen LogP contribution is -2.51. The molecule has 1 aliphatic rings. The number of nitrogens with zero attached hydrogens (tertiary/aromatic N) is 1. The minimum Gasteiger partial charge on any atom is -0.478 e. The summed E-state index contributed by atoms with van der Waals surface area (Å²) in [5.74, 6) is -1.43. The Morgan fingerprint density at radius 1 is 1.40 bits per heavy atom. The van der Waals surface area contributed by atoms with Gasteiger partial charge in [-0.3, -0.25) is 4.79 Å². The van der Waals surface area contributed by atoms with Crippen LogP contribution in [0.4, 0.5) is 10.5 Å². The zero-order valence-electron chi connectivity index (χ0n) is 10.4. The first-order chi connectivity index (χ1) is 9.47. The summed E-state index contributed by atoms with van der Waals surface area (Å²) in [5, 5.41) is 14.4. The van der Waals surface area contributed by atoms with Crippen molar-refractivity contribution < 1.29 is 19.5 Å². The number of carbonyl (C=O) groups excluding carboxylic acids is 2. The molecule has 0 atom stereocenters. The number of carbonyl (C=O) groups is 3. The molecule has 106 valence electrons. The van der Waals surface area contributed by atoms with Gasteiger partial charge >= 0.3 is 12.0 Å². The van der Waals surface area contributed by atoms with Crippen LogP contribution >= 0.6 is 11.6 Å². The van der Waals surface area contributed by atoms with E-state index in [0.717, 1.165) is 0 Å². The van der Waals surface area contributed by atoms with E-state index in [1.807, 2.05) is 0 Å². The molecule has 8 heteroatoms. The SMILES string of the molecule is O=C1CN(C(=O)Nc2cc(Cl)ccc2C(=O)O)CCN1. The maximum absolute atomic E-state index is 12.0. The van der Waals surface area contributed by atoms with E-state index in [0.29, 0.717) is 18.1 Å². The second-order valence-corrected chi connectivity index (χ2v) is 4.63. The average molecular weight is 298 g/mol. The van der Waals surface area contributed by atoms with Crippen LogP contribution in [0.2, 0.25) is 5.02 Å². The molecule has 0 unspecified atom stereocenters. The molecule has 0 aliphatic carbocycles. The molecule has 7 nitrogen and oxygen atoms in total. The number of halogens is 1. The largest absolute Gasteiger partial charge is 0.478 e. The summed E-state index contributed by atoms with van der Waals surface area (Å²) in [4.78, 5) is 35.6. The summed E-state index contributed by atoms with van der Waals surface area (Å²) < 4.78 is 0. The van der Waals surface area contributed by atoms with Crippen molar-refractivity contribution in [1.29, 1.82) is 0 Å². The van der Waals surface area contributed by atoms with Crippen molar-refractivity contribution in [2.45, 2.75) is 0 Å². The van der Waals surface area contributed by atoms with Gasteiger partial charge in [0.2, 0.25) is 5.91 Å². The number of carboxylic acids is 1. The van der Waals surface area contributed by atoms with Crippen LogP contribution in [0.1, 0.15) is 10.4 Å². The molecule has 1 saturated heterocycles. The summed E-state index contributed by atoms with van der Waals surface area (Å²) in [6, 6.07) is 3.55. The van der Waals surface area contributed by atoms with Crippen molar-refractivity contribution in [3.8, 4) is 0 Å². The Balaban J connectivity index is 2.16. The van der Waals surface area contributed by atoms with Crippen molar-refractivity contribution >= 4 is 35.2 Å². The molecule has 1 aliphatic heterocycles. The van der Waals surface area contributed by atoms with Crippen molar-refractivity contribution in [3.63, 3.8) is 0 Å². The number of piperazine rings is 1. The van der Waals surface area contributed by atoms with E-state index >= 15 is 0 Å². The molecule has 3 N–H and O–H groups in total. The minimum atomic E-state index is -1.17. The van der Waals surface area contributed by atoms with Gasteiger partial charge in [0.1, 0.15) is 6.54 Å². The van der Waals surface area contributed by atoms with Gasteiger partial charge in [0, 0.05) is 18.1 Å². The standard InChI is InChI=1S/C12H12ClN3O4/c13-7-1-2-8(11(18)19)9(5-7)15-12(20)16-4-3-14-10(17)6-16/h1-2,5H,3-4,6H2,(H,14,17)(H,15,20)(H,18,19). The number of amides is 3. The highest BCUT2D eigenvalue weighted by molar-refractivity contribution is 6.31. The van der Waals surface area contributed by atoms with E-state index in [4.69, 9.17) is 16.7 Å². The normalized spacial score (nSPS) is 14.7. The molecule has 0 saturated carbocycles. The lowest BCUT2D eigenvalue weighted by molar-refractivity contribution is -0.123. The minimum absolute atomic E-state index is 0.0607. The van der Waals surface area contributed by atoms with Crippen LogP contribution in [-0.2, 0) is 4.79 Å². The lowest BCUT2D eigenvalue weighted by atomic mass is 10.2. The molecule has 1 aromatic carbocycles. The van der Waals surface area contributed by atoms with Crippen molar-refractivity contribution in [3.05, 3.63) is 28.8 Å². The molecular weight excluding hydrogens is 286 g/mol. The smallest absolute Gasteiger partial charge is 0.337 e. The number of anilines is 1. The number of hydrogen-bond acceptors (Lipinski definition) is 3. The van der Waals surface area contributed by atoms with Crippen LogP contribution < -0.4 is 10.6 Å². The van der Waals surface area contributed by atoms with Crippen molar-refractivity contribution in [1.82, 2.24) is 10.2 Å². The molecule has 1 heterocycles. The third-order valence-corrected chi connectivity index (χ3v) is 3.01. The molecule has 3 amide bonds. The van der Waals surface area contributed by atoms with Crippen LogP contribution in [0.5, 0.6) is 0 Å². The number of carboxylic acid groups (broad SMARTS) is 1. The van der Waals surface area contributed by atoms with E-state index in [-0.39, 0.29) is 23.7 Å². The molecule has 1 aromatic rings. The third kappa shape index (κ3) is 3.18. The molecule has 0 bridgehead atoms. The predicted molar refractivity (Wildman–Crippen MR) is 72.0 cm³/mol. The van der Waals surface area contributed by atoms with Gasteiger partial charge in [-0.2, -0.15) is 0 Å². The lowest BCUT2D eigenvalue weighted by Gasteiger charge is -2.27. The molecule has 20 heavy (non-hydrogen) atoms. The predicted octanol–water partition coefficient (Wildman–Crippen LogP) is 1.00. The summed E-state index contributed by atoms with van der Waals surface area (Å²) in [6.07, 6.45) is 0. The molecule has 2 rings (SSSR count). The van der Waals surface area contributed by atoms with Gasteiger partial charge in [-0.05, 0) is 18.2 Å². The molecular formula is C12H12ClN3O4. The Bertz CT molecular complexity index is 576. The number of benzene rings is 1. The van der Waals surface area contributed by atoms with Gasteiger partial charge in [0.25, 0.3) is 0 Å². The first-order valence-electron chi connectivity index (χ1n) is 5.83. The maximum atomic E-state index is 12.0. The van der Waals surface area contributed by atoms with Gasteiger partial charge in [-0.15, -0.1) is 0 Å². The third-order valence-electron chi connectivity index (χ3n) is 2.78. The Hall–Kier alpha value is -2.28. The quantitative estimate of drug-likeness (QED) is 0.758. The molecule has 0 radical (unpaired) electrons. The van der Waals surface area contributed by atoms with Gasteiger partial charge in [-0.25, -0.2) is 9.59 Å². The second kappa shape index (κ2) is 5.79. The molecule has 1 fully saturated rings. The van der Waals surface area contributed by atoms with Gasteiger partial charge < -0.3 is 20.6 Å². The first-order valence-corrected chi connectivity index (χ1v) is 6.20. The van der Waals surface area contributed by atoms with Crippen LogP contribution in [0.3, 0.4) is 0 Å². The molecule has 0 aromatic heterocycles. The zero-order valence-corrected chi connectivity index (χ0v) is 11.1. The molecule has 0 spiro atoms. The number of rotatable bonds is 2. The van der Waals surface area contributed by atoms with Gasteiger partial charge in [-0.1, -0.05) is 11.6 Å². The first kappa shape index (κ1) is 14.1. The van der Waals surface area contributed by atoms with Crippen LogP contribution in [0.15, 0.2) is 18.2 Å². The van der Waals surface area contributed by atoms with E-state index in [2.05, 4.69) is 10.6 Å². The Morgan fingerprint density at radius 2 is 2.15 bits per heavy atom. The number of nitrogens with one attached hydrogen (secondary N) is 2. The fourth-order valence-corrected chi connectivity index (χ4v) is 1.98. The summed E-state index contributed by atoms with van der Waals surface area (Å²) in [6.45, 7) is 0.670. The monoisotopic (exact) mass is 297 g/mol. The summed E-state index contributed by atoms with van der Waals surface area (Å²) in [5.41, 5.74) is 0.0326. The average Bonchev–Trinajstić information content (AvgIpc) is 2.38. The Kier molecular flexibility index (Phi) is 4.09. The van der Waals surface area contributed by atoms with Crippen LogP contribution in [0.25, 0.3) is 0 Å². The fraction of sp³-hybridized carbons (Fsp3) is 0.250. The topological polar surface area (TPSA) is 98.7 Å². The zero-order chi connectivity index (χ0) is 14.7. The van der Waals surface area contributed by atoms with Crippen LogP contribution in [-0.4, -0.2) is 47.5 Å². The Morgan fingerprint density at radius 3 is 2.80 bits per heavy atom. The van der Waals surface area contributed by atoms with E-state index in [1.54, 1.807) is 0 Å². The van der Waals surface area contributed by atoms with E-state index < -0.39 is 12.0 Å². The second-order valence-electron chi connectivity index (χ2n) is 4.20. The fourth-order valence-electron chi connectivity index (χ4n) is 1.81. The van der Waals surface area contributed by atoms with E-state index in [9.17, 15) is 14.4 Å². The Labute approximate surface area is 119 Å². The van der Waals surface area contributed by atoms with Crippen molar-refractivity contribution in [2.24, 2.45) is 0 Å². The van der Waals surface area contributed by atoms with Gasteiger partial charge in [0.05, 0.1) is 11.3 Å².